The summed E-state index contributed by atoms with van der Waals surface area (Å²) in [5.41, 5.74) is 2.40. The Morgan fingerprint density at radius 2 is 2.10 bits per heavy atom. The summed E-state index contributed by atoms with van der Waals surface area (Å²) in [6, 6.07) is 8.33. The third-order valence-corrected chi connectivity index (χ3v) is 4.53. The third kappa shape index (κ3) is 1.58. The highest BCUT2D eigenvalue weighted by Gasteiger charge is 2.15. The molecule has 96 valence electrons. The first-order valence-electron chi connectivity index (χ1n) is 6.24. The molecule has 0 amide bonds. The van der Waals surface area contributed by atoms with Crippen molar-refractivity contribution < 1.29 is 5.11 Å². The fraction of sp³-hybridized carbons (Fsp3) is 0. The molecule has 0 aliphatic heterocycles. The van der Waals surface area contributed by atoms with Crippen LogP contribution in [0.25, 0.3) is 39.1 Å². The van der Waals surface area contributed by atoms with Crippen LogP contribution < -0.4 is 10.7 Å². The molecule has 0 fully saturated rings. The summed E-state index contributed by atoms with van der Waals surface area (Å²) in [4.78, 5) is 9.67. The van der Waals surface area contributed by atoms with Crippen molar-refractivity contribution in [1.29, 1.82) is 0 Å². The van der Waals surface area contributed by atoms with Gasteiger partial charge in [0, 0.05) is 27.1 Å². The summed E-state index contributed by atoms with van der Waals surface area (Å²) in [6.45, 7) is 0. The monoisotopic (exact) mass is 278 g/mol. The van der Waals surface area contributed by atoms with Crippen molar-refractivity contribution in [3.8, 4) is 10.6 Å². The molecule has 0 spiro atoms. The van der Waals surface area contributed by atoms with E-state index in [9.17, 15) is 0 Å². The van der Waals surface area contributed by atoms with E-state index in [1.165, 1.54) is 15.6 Å². The molecule has 1 aromatic carbocycles. The molecule has 3 aromatic rings. The summed E-state index contributed by atoms with van der Waals surface area (Å²) in [5.74, 6) is 0. The largest absolute Gasteiger partial charge is 0.512 e. The van der Waals surface area contributed by atoms with Crippen molar-refractivity contribution >= 4 is 39.8 Å². The lowest BCUT2D eigenvalue weighted by atomic mass is 10.1. The van der Waals surface area contributed by atoms with E-state index in [1.54, 1.807) is 17.5 Å². The van der Waals surface area contributed by atoms with E-state index in [0.29, 0.717) is 5.48 Å². The molecule has 0 radical (unpaired) electrons. The van der Waals surface area contributed by atoms with Gasteiger partial charge >= 0.3 is 0 Å². The van der Waals surface area contributed by atoms with Crippen LogP contribution in [0, 0.1) is 0 Å². The molecule has 2 heterocycles. The lowest BCUT2D eigenvalue weighted by Gasteiger charge is -1.99. The van der Waals surface area contributed by atoms with Crippen molar-refractivity contribution in [3.05, 3.63) is 52.8 Å². The van der Waals surface area contributed by atoms with E-state index in [0.717, 1.165) is 22.1 Å². The first kappa shape index (κ1) is 11.4. The fourth-order valence-corrected chi connectivity index (χ4v) is 3.63. The number of nitrogens with zero attached hydrogens (tertiary/aromatic N) is 2. The van der Waals surface area contributed by atoms with Crippen LogP contribution in [0.2, 0.25) is 0 Å². The molecule has 3 nitrogen and oxygen atoms in total. The number of rotatable bonds is 0. The maximum atomic E-state index is 9.12. The Morgan fingerprint density at radius 3 is 3.00 bits per heavy atom. The maximum Gasteiger partial charge on any atom is 0.187 e. The van der Waals surface area contributed by atoms with Gasteiger partial charge in [0.25, 0.3) is 0 Å². The highest BCUT2D eigenvalue weighted by atomic mass is 32.1. The molecule has 1 aliphatic rings. The van der Waals surface area contributed by atoms with Gasteiger partial charge in [0.1, 0.15) is 6.26 Å². The van der Waals surface area contributed by atoms with Crippen molar-refractivity contribution in [3.63, 3.8) is 0 Å². The average molecular weight is 278 g/mol. The highest BCUT2D eigenvalue weighted by molar-refractivity contribution is 7.22. The van der Waals surface area contributed by atoms with Gasteiger partial charge < -0.3 is 5.11 Å². The predicted molar refractivity (Wildman–Crippen MR) is 82.7 cm³/mol. The van der Waals surface area contributed by atoms with Crippen LogP contribution in [0.4, 0.5) is 0 Å². The van der Waals surface area contributed by atoms with Crippen molar-refractivity contribution in [2.45, 2.75) is 0 Å². The Kier molecular flexibility index (Phi) is 2.44. The summed E-state index contributed by atoms with van der Waals surface area (Å²) in [6.07, 6.45) is 8.81. The van der Waals surface area contributed by atoms with Crippen LogP contribution in [0.5, 0.6) is 0 Å². The predicted octanol–water partition coefficient (Wildman–Crippen LogP) is 2.46. The summed E-state index contributed by atoms with van der Waals surface area (Å²) >= 11 is 1.72. The molecular formula is C16H10N2OS. The number of hydrogen-bond donors (Lipinski definition) is 1. The number of aliphatic hydroxyl groups is 1. The van der Waals surface area contributed by atoms with E-state index in [4.69, 9.17) is 5.11 Å². The molecule has 0 atom stereocenters. The van der Waals surface area contributed by atoms with Crippen LogP contribution in [-0.2, 0) is 0 Å². The Hall–Kier alpha value is -2.46. The molecule has 2 aromatic heterocycles. The quantitative estimate of drug-likeness (QED) is 0.687. The van der Waals surface area contributed by atoms with Gasteiger partial charge in [-0.2, -0.15) is 0 Å². The minimum absolute atomic E-state index is 0.336. The maximum absolute atomic E-state index is 9.12. The zero-order chi connectivity index (χ0) is 13.5. The summed E-state index contributed by atoms with van der Waals surface area (Å²) in [5, 5.41) is 11.3. The number of fused-ring (bicyclic) bond motifs is 5. The van der Waals surface area contributed by atoms with Gasteiger partial charge in [0.05, 0.1) is 10.6 Å². The Bertz CT molecular complexity index is 970. The average Bonchev–Trinajstić information content (AvgIpc) is 2.77. The number of aliphatic hydroxyl groups excluding tert-OH is 1. The molecule has 20 heavy (non-hydrogen) atoms. The van der Waals surface area contributed by atoms with Crippen LogP contribution in [0.15, 0.2) is 36.5 Å². The zero-order valence-corrected chi connectivity index (χ0v) is 11.3. The van der Waals surface area contributed by atoms with Crippen molar-refractivity contribution in [2.24, 2.45) is 0 Å². The molecule has 1 N–H and O–H groups in total. The number of thiophene rings is 1. The Labute approximate surface area is 118 Å². The van der Waals surface area contributed by atoms with E-state index >= 15 is 0 Å². The molecule has 4 rings (SSSR count). The van der Waals surface area contributed by atoms with Gasteiger partial charge in [-0.15, -0.1) is 11.3 Å². The number of aromatic nitrogens is 2. The second-order valence-corrected chi connectivity index (χ2v) is 5.58. The number of hydrogen-bond acceptors (Lipinski definition) is 4. The van der Waals surface area contributed by atoms with Gasteiger partial charge in [-0.1, -0.05) is 36.4 Å². The second-order valence-electron chi connectivity index (χ2n) is 4.53. The lowest BCUT2D eigenvalue weighted by Crippen LogP contribution is -2.20. The van der Waals surface area contributed by atoms with Gasteiger partial charge in [0.15, 0.2) is 5.48 Å². The topological polar surface area (TPSA) is 46.0 Å². The second kappa shape index (κ2) is 4.28. The molecule has 0 bridgehead atoms. The van der Waals surface area contributed by atoms with Crippen molar-refractivity contribution in [2.75, 3.05) is 0 Å². The van der Waals surface area contributed by atoms with Gasteiger partial charge in [-0.25, -0.2) is 9.97 Å². The SMILES string of the molecule is OC=c1ncc2c(n1)-c1sc3ccccc3c1C=CC=2. The molecular weight excluding hydrogens is 268 g/mol. The molecule has 0 unspecified atom stereocenters. The van der Waals surface area contributed by atoms with Crippen LogP contribution >= 0.6 is 11.3 Å². The molecule has 4 heteroatoms. The molecule has 0 saturated carbocycles. The van der Waals surface area contributed by atoms with Crippen LogP contribution in [-0.4, -0.2) is 15.1 Å². The van der Waals surface area contributed by atoms with E-state index < -0.39 is 0 Å². The summed E-state index contributed by atoms with van der Waals surface area (Å²) < 4.78 is 1.24. The normalized spacial score (nSPS) is 13.7. The fourth-order valence-electron chi connectivity index (χ4n) is 2.43. The number of allylic oxidation sites excluding steroid dienone is 1. The first-order valence-corrected chi connectivity index (χ1v) is 7.06. The molecule has 0 saturated heterocycles. The number of benzene rings is 1. The van der Waals surface area contributed by atoms with Gasteiger partial charge in [-0.3, -0.25) is 0 Å². The highest BCUT2D eigenvalue weighted by Crippen LogP contribution is 2.37. The standard InChI is InChI=1S/C16H10N2OS/c19-9-14-17-8-10-4-3-6-12-11-5-1-2-7-13(11)20-16(12)15(10)18-14/h1-9,19H. The lowest BCUT2D eigenvalue weighted by molar-refractivity contribution is 0.535. The zero-order valence-electron chi connectivity index (χ0n) is 10.4. The Morgan fingerprint density at radius 1 is 1.20 bits per heavy atom. The smallest absolute Gasteiger partial charge is 0.187 e. The van der Waals surface area contributed by atoms with Crippen LogP contribution in [0.1, 0.15) is 5.56 Å². The van der Waals surface area contributed by atoms with Crippen molar-refractivity contribution in [1.82, 2.24) is 9.97 Å². The van der Waals surface area contributed by atoms with E-state index in [1.807, 2.05) is 24.3 Å². The van der Waals surface area contributed by atoms with Gasteiger partial charge in [-0.05, 0) is 6.07 Å². The first-order chi connectivity index (χ1) is 9.86. The third-order valence-electron chi connectivity index (χ3n) is 3.34. The van der Waals surface area contributed by atoms with E-state index in [2.05, 4.69) is 28.2 Å². The Balaban J connectivity index is 2.17. The van der Waals surface area contributed by atoms with E-state index in [-0.39, 0.29) is 0 Å². The van der Waals surface area contributed by atoms with Crippen LogP contribution in [0.3, 0.4) is 0 Å². The van der Waals surface area contributed by atoms with Gasteiger partial charge in [0.2, 0.25) is 0 Å². The minimum atomic E-state index is 0.336. The molecule has 1 aliphatic carbocycles. The minimum Gasteiger partial charge on any atom is -0.512 e. The summed E-state index contributed by atoms with van der Waals surface area (Å²) in [7, 11) is 0.